The normalized spacial score (nSPS) is 21.9. The molecule has 0 spiro atoms. The van der Waals surface area contributed by atoms with Crippen molar-refractivity contribution in [2.75, 3.05) is 0 Å². The van der Waals surface area contributed by atoms with E-state index in [0.29, 0.717) is 12.2 Å². The van der Waals surface area contributed by atoms with Crippen molar-refractivity contribution in [1.82, 2.24) is 0 Å². The van der Waals surface area contributed by atoms with Crippen molar-refractivity contribution in [3.05, 3.63) is 0 Å². The fourth-order valence-electron chi connectivity index (χ4n) is 1.04. The zero-order valence-electron chi connectivity index (χ0n) is 5.71. The van der Waals surface area contributed by atoms with Crippen LogP contribution >= 0.6 is 0 Å². The highest BCUT2D eigenvalue weighted by Crippen LogP contribution is 2.34. The van der Waals surface area contributed by atoms with Gasteiger partial charge < -0.3 is 5.11 Å². The summed E-state index contributed by atoms with van der Waals surface area (Å²) in [5.74, 6) is 0.622. The molecule has 1 N–H and O–H groups in total. The fraction of sp³-hybridized carbons (Fsp3) is 1.00. The molecule has 1 aliphatic carbocycles. The second kappa shape index (κ2) is 3.26. The number of aliphatic hydroxyl groups is 1. The lowest BCUT2D eigenvalue weighted by atomic mass is 9.97. The summed E-state index contributed by atoms with van der Waals surface area (Å²) < 4.78 is 0. The Labute approximate surface area is 57.9 Å². The SMILES string of the molecule is [B]CCCC(O)C1CC1. The molecule has 1 fully saturated rings. The fourth-order valence-corrected chi connectivity index (χ4v) is 1.04. The van der Waals surface area contributed by atoms with E-state index in [-0.39, 0.29) is 6.10 Å². The molecule has 9 heavy (non-hydrogen) atoms. The monoisotopic (exact) mass is 124 g/mol. The topological polar surface area (TPSA) is 20.2 Å². The summed E-state index contributed by atoms with van der Waals surface area (Å²) in [6.07, 6.45) is 4.99. The molecule has 1 unspecified atom stereocenters. The lowest BCUT2D eigenvalue weighted by Gasteiger charge is -2.05. The van der Waals surface area contributed by atoms with Gasteiger partial charge in [0.05, 0.1) is 14.0 Å². The van der Waals surface area contributed by atoms with Gasteiger partial charge in [-0.1, -0.05) is 12.7 Å². The molecule has 0 aromatic carbocycles. The average molecular weight is 124 g/mol. The molecule has 0 heterocycles. The van der Waals surface area contributed by atoms with E-state index in [0.717, 1.165) is 12.8 Å². The van der Waals surface area contributed by atoms with Gasteiger partial charge in [0, 0.05) is 0 Å². The second-order valence-electron chi connectivity index (χ2n) is 2.84. The molecule has 50 valence electrons. The molecule has 1 atom stereocenters. The molecule has 0 amide bonds. The van der Waals surface area contributed by atoms with Gasteiger partial charge in [0.25, 0.3) is 0 Å². The maximum atomic E-state index is 9.26. The summed E-state index contributed by atoms with van der Waals surface area (Å²) in [6.45, 7) is 0. The number of hydrogen-bond donors (Lipinski definition) is 1. The van der Waals surface area contributed by atoms with Gasteiger partial charge in [-0.2, -0.15) is 0 Å². The van der Waals surface area contributed by atoms with Crippen LogP contribution in [0.3, 0.4) is 0 Å². The third-order valence-electron chi connectivity index (χ3n) is 1.87. The van der Waals surface area contributed by atoms with E-state index < -0.39 is 0 Å². The van der Waals surface area contributed by atoms with Crippen molar-refractivity contribution in [3.8, 4) is 0 Å². The minimum Gasteiger partial charge on any atom is -0.393 e. The van der Waals surface area contributed by atoms with E-state index in [4.69, 9.17) is 7.85 Å². The molecule has 1 nitrogen and oxygen atoms in total. The van der Waals surface area contributed by atoms with Gasteiger partial charge in [0.1, 0.15) is 0 Å². The zero-order valence-corrected chi connectivity index (χ0v) is 5.71. The van der Waals surface area contributed by atoms with E-state index in [1.807, 2.05) is 0 Å². The molecule has 2 heteroatoms. The van der Waals surface area contributed by atoms with Crippen molar-refractivity contribution in [1.29, 1.82) is 0 Å². The third-order valence-corrected chi connectivity index (χ3v) is 1.87. The summed E-state index contributed by atoms with van der Waals surface area (Å²) in [6, 6.07) is 0. The Morgan fingerprint density at radius 2 is 2.22 bits per heavy atom. The third kappa shape index (κ3) is 2.40. The molecule has 1 saturated carbocycles. The quantitative estimate of drug-likeness (QED) is 0.557. The predicted molar refractivity (Wildman–Crippen MR) is 38.5 cm³/mol. The van der Waals surface area contributed by atoms with Crippen LogP contribution in [0.2, 0.25) is 6.32 Å². The van der Waals surface area contributed by atoms with E-state index in [1.165, 1.54) is 12.8 Å². The lowest BCUT2D eigenvalue weighted by molar-refractivity contribution is 0.140. The Bertz CT molecular complexity index is 81.0. The lowest BCUT2D eigenvalue weighted by Crippen LogP contribution is -2.07. The van der Waals surface area contributed by atoms with Crippen LogP contribution < -0.4 is 0 Å². The predicted octanol–water partition coefficient (Wildman–Crippen LogP) is 1.12. The Hall–Kier alpha value is 0.0249. The van der Waals surface area contributed by atoms with Crippen LogP contribution in [0.25, 0.3) is 0 Å². The number of hydrogen-bond acceptors (Lipinski definition) is 1. The highest BCUT2D eigenvalue weighted by molar-refractivity contribution is 6.08. The first-order valence-electron chi connectivity index (χ1n) is 3.72. The largest absolute Gasteiger partial charge is 0.393 e. The minimum atomic E-state index is -0.0476. The Kier molecular flexibility index (Phi) is 2.58. The van der Waals surface area contributed by atoms with Gasteiger partial charge in [-0.3, -0.25) is 0 Å². The van der Waals surface area contributed by atoms with Crippen molar-refractivity contribution in [2.45, 2.75) is 38.1 Å². The van der Waals surface area contributed by atoms with Crippen molar-refractivity contribution < 1.29 is 5.11 Å². The molecule has 1 aliphatic rings. The number of aliphatic hydroxyl groups excluding tert-OH is 1. The molecular formula is C7H13BO. The summed E-state index contributed by atoms with van der Waals surface area (Å²) in [7, 11) is 5.29. The molecule has 0 saturated heterocycles. The van der Waals surface area contributed by atoms with Crippen LogP contribution in [0.5, 0.6) is 0 Å². The molecule has 0 aromatic rings. The van der Waals surface area contributed by atoms with Crippen LogP contribution in [0.1, 0.15) is 25.7 Å². The Balaban J connectivity index is 1.96. The maximum Gasteiger partial charge on any atom is 0.0653 e. The summed E-state index contributed by atoms with van der Waals surface area (Å²) in [5.41, 5.74) is 0. The highest BCUT2D eigenvalue weighted by atomic mass is 16.3. The summed E-state index contributed by atoms with van der Waals surface area (Å²) >= 11 is 0. The van der Waals surface area contributed by atoms with Crippen molar-refractivity contribution >= 4 is 7.85 Å². The van der Waals surface area contributed by atoms with Gasteiger partial charge >= 0.3 is 0 Å². The van der Waals surface area contributed by atoms with Crippen molar-refractivity contribution in [2.24, 2.45) is 5.92 Å². The number of rotatable bonds is 4. The summed E-state index contributed by atoms with van der Waals surface area (Å²) in [4.78, 5) is 0. The van der Waals surface area contributed by atoms with Crippen LogP contribution in [0, 0.1) is 5.92 Å². The van der Waals surface area contributed by atoms with Crippen molar-refractivity contribution in [3.63, 3.8) is 0 Å². The van der Waals surface area contributed by atoms with E-state index in [9.17, 15) is 5.11 Å². The van der Waals surface area contributed by atoms with E-state index in [1.54, 1.807) is 0 Å². The van der Waals surface area contributed by atoms with E-state index >= 15 is 0 Å². The van der Waals surface area contributed by atoms with Crippen LogP contribution in [-0.4, -0.2) is 19.1 Å². The zero-order chi connectivity index (χ0) is 6.69. The smallest absolute Gasteiger partial charge is 0.0653 e. The first kappa shape index (κ1) is 7.14. The molecule has 1 rings (SSSR count). The average Bonchev–Trinajstić information content (AvgIpc) is 2.63. The highest BCUT2D eigenvalue weighted by Gasteiger charge is 2.28. The molecule has 2 radical (unpaired) electrons. The second-order valence-corrected chi connectivity index (χ2v) is 2.84. The van der Waals surface area contributed by atoms with Crippen LogP contribution in [-0.2, 0) is 0 Å². The van der Waals surface area contributed by atoms with Gasteiger partial charge in [0.2, 0.25) is 0 Å². The maximum absolute atomic E-state index is 9.26. The van der Waals surface area contributed by atoms with Gasteiger partial charge in [-0.05, 0) is 25.2 Å². The first-order valence-corrected chi connectivity index (χ1v) is 3.72. The molecule has 0 aliphatic heterocycles. The molecule has 0 bridgehead atoms. The summed E-state index contributed by atoms with van der Waals surface area (Å²) in [5, 5.41) is 9.26. The van der Waals surface area contributed by atoms with Gasteiger partial charge in [0.15, 0.2) is 0 Å². The Morgan fingerprint density at radius 1 is 1.56 bits per heavy atom. The first-order chi connectivity index (χ1) is 4.34. The molecular weight excluding hydrogens is 111 g/mol. The van der Waals surface area contributed by atoms with Crippen LogP contribution in [0.15, 0.2) is 0 Å². The van der Waals surface area contributed by atoms with Gasteiger partial charge in [-0.25, -0.2) is 0 Å². The van der Waals surface area contributed by atoms with E-state index in [2.05, 4.69) is 0 Å². The Morgan fingerprint density at radius 3 is 2.67 bits per heavy atom. The molecule has 0 aromatic heterocycles. The van der Waals surface area contributed by atoms with Gasteiger partial charge in [-0.15, -0.1) is 0 Å². The standard InChI is InChI=1S/C7H13BO/c8-5-1-2-7(9)6-3-4-6/h6-7,9H,1-5H2. The minimum absolute atomic E-state index is 0.0476. The van der Waals surface area contributed by atoms with Crippen LogP contribution in [0.4, 0.5) is 0 Å².